The summed E-state index contributed by atoms with van der Waals surface area (Å²) in [5.74, 6) is 0.975. The topological polar surface area (TPSA) is 24.5 Å². The Hall–Kier alpha value is -1.06. The number of benzene rings is 1. The van der Waals surface area contributed by atoms with Crippen LogP contribution in [0.4, 0.5) is 0 Å². The predicted molar refractivity (Wildman–Crippen MR) is 77.6 cm³/mol. The van der Waals surface area contributed by atoms with Crippen LogP contribution in [-0.4, -0.2) is 43.2 Å². The molecule has 1 aromatic carbocycles. The van der Waals surface area contributed by atoms with Gasteiger partial charge in [0.05, 0.1) is 6.61 Å². The van der Waals surface area contributed by atoms with Gasteiger partial charge in [0.2, 0.25) is 0 Å². The number of rotatable bonds is 7. The van der Waals surface area contributed by atoms with E-state index in [0.29, 0.717) is 6.04 Å². The molecule has 1 heterocycles. The molecule has 3 nitrogen and oxygen atoms in total. The molecule has 1 aliphatic carbocycles. The molecular formula is C16H24N2O. The summed E-state index contributed by atoms with van der Waals surface area (Å²) in [7, 11) is 0. The fourth-order valence-electron chi connectivity index (χ4n) is 2.81. The zero-order chi connectivity index (χ0) is 12.9. The number of likely N-dealkylation sites (tertiary alicyclic amines) is 1. The molecular weight excluding hydrogens is 236 g/mol. The fraction of sp³-hybridized carbons (Fsp3) is 0.625. The molecule has 1 saturated heterocycles. The van der Waals surface area contributed by atoms with Crippen molar-refractivity contribution >= 4 is 0 Å². The number of hydrogen-bond donors (Lipinski definition) is 1. The van der Waals surface area contributed by atoms with E-state index in [4.69, 9.17) is 4.74 Å². The normalized spacial score (nSPS) is 23.7. The molecule has 3 heteroatoms. The number of ether oxygens (including phenoxy) is 1. The van der Waals surface area contributed by atoms with Crippen LogP contribution in [0.2, 0.25) is 0 Å². The number of nitrogens with one attached hydrogen (secondary N) is 1. The van der Waals surface area contributed by atoms with Crippen molar-refractivity contribution in [1.82, 2.24) is 10.2 Å². The minimum Gasteiger partial charge on any atom is -0.494 e. The summed E-state index contributed by atoms with van der Waals surface area (Å²) < 4.78 is 5.69. The molecule has 2 aliphatic rings. The van der Waals surface area contributed by atoms with Gasteiger partial charge in [0, 0.05) is 25.2 Å². The van der Waals surface area contributed by atoms with Crippen molar-refractivity contribution in [3.63, 3.8) is 0 Å². The van der Waals surface area contributed by atoms with E-state index in [9.17, 15) is 0 Å². The Labute approximate surface area is 115 Å². The van der Waals surface area contributed by atoms with Gasteiger partial charge in [-0.1, -0.05) is 18.2 Å². The summed E-state index contributed by atoms with van der Waals surface area (Å²) in [5, 5.41) is 3.66. The second kappa shape index (κ2) is 6.40. The lowest BCUT2D eigenvalue weighted by Crippen LogP contribution is -2.34. The van der Waals surface area contributed by atoms with Gasteiger partial charge in [-0.2, -0.15) is 0 Å². The second-order valence-electron chi connectivity index (χ2n) is 5.68. The maximum absolute atomic E-state index is 5.69. The molecule has 1 atom stereocenters. The van der Waals surface area contributed by atoms with Crippen molar-refractivity contribution in [3.05, 3.63) is 30.3 Å². The van der Waals surface area contributed by atoms with Crippen LogP contribution in [-0.2, 0) is 0 Å². The Morgan fingerprint density at radius 2 is 2.00 bits per heavy atom. The van der Waals surface area contributed by atoms with E-state index in [1.165, 1.54) is 32.4 Å². The standard InChI is InChI=1S/C16H24N2O/c1-2-5-16(6-3-1)19-12-4-10-17-14-9-11-18(13-14)15-7-8-15/h1-3,5-6,14-15,17H,4,7-13H2. The third-order valence-corrected chi connectivity index (χ3v) is 4.05. The first-order valence-corrected chi connectivity index (χ1v) is 7.57. The monoisotopic (exact) mass is 260 g/mol. The largest absolute Gasteiger partial charge is 0.494 e. The molecule has 0 spiro atoms. The van der Waals surface area contributed by atoms with E-state index in [1.54, 1.807) is 0 Å². The molecule has 0 amide bonds. The predicted octanol–water partition coefficient (Wildman–Crippen LogP) is 2.28. The van der Waals surface area contributed by atoms with Crippen LogP contribution in [0.1, 0.15) is 25.7 Å². The van der Waals surface area contributed by atoms with Gasteiger partial charge in [-0.3, -0.25) is 4.90 Å². The highest BCUT2D eigenvalue weighted by Crippen LogP contribution is 2.29. The van der Waals surface area contributed by atoms with E-state index >= 15 is 0 Å². The van der Waals surface area contributed by atoms with Crippen LogP contribution in [0.3, 0.4) is 0 Å². The maximum Gasteiger partial charge on any atom is 0.119 e. The van der Waals surface area contributed by atoms with E-state index in [0.717, 1.165) is 31.4 Å². The van der Waals surface area contributed by atoms with Gasteiger partial charge in [0.1, 0.15) is 5.75 Å². The van der Waals surface area contributed by atoms with Gasteiger partial charge >= 0.3 is 0 Å². The van der Waals surface area contributed by atoms with Crippen molar-refractivity contribution in [1.29, 1.82) is 0 Å². The molecule has 0 aromatic heterocycles. The highest BCUT2D eigenvalue weighted by molar-refractivity contribution is 5.20. The van der Waals surface area contributed by atoms with Crippen LogP contribution >= 0.6 is 0 Å². The molecule has 1 saturated carbocycles. The van der Waals surface area contributed by atoms with Crippen LogP contribution in [0.5, 0.6) is 5.75 Å². The average molecular weight is 260 g/mol. The summed E-state index contributed by atoms with van der Waals surface area (Å²) in [6.07, 6.45) is 5.25. The van der Waals surface area contributed by atoms with Crippen molar-refractivity contribution in [2.45, 2.75) is 37.8 Å². The summed E-state index contributed by atoms with van der Waals surface area (Å²) >= 11 is 0. The summed E-state index contributed by atoms with van der Waals surface area (Å²) in [4.78, 5) is 2.65. The van der Waals surface area contributed by atoms with E-state index in [2.05, 4.69) is 10.2 Å². The molecule has 104 valence electrons. The average Bonchev–Trinajstić information content (AvgIpc) is 3.20. The zero-order valence-electron chi connectivity index (χ0n) is 11.6. The van der Waals surface area contributed by atoms with Crippen LogP contribution in [0.25, 0.3) is 0 Å². The van der Waals surface area contributed by atoms with E-state index in [1.807, 2.05) is 30.3 Å². The van der Waals surface area contributed by atoms with Crippen LogP contribution in [0.15, 0.2) is 30.3 Å². The number of para-hydroxylation sites is 1. The number of hydrogen-bond acceptors (Lipinski definition) is 3. The third kappa shape index (κ3) is 3.95. The third-order valence-electron chi connectivity index (χ3n) is 4.05. The first-order chi connectivity index (χ1) is 9.42. The molecule has 1 N–H and O–H groups in total. The first kappa shape index (κ1) is 12.9. The quantitative estimate of drug-likeness (QED) is 0.761. The Bertz CT molecular complexity index is 378. The van der Waals surface area contributed by atoms with Gasteiger partial charge < -0.3 is 10.1 Å². The van der Waals surface area contributed by atoms with Crippen molar-refractivity contribution in [2.75, 3.05) is 26.2 Å². The first-order valence-electron chi connectivity index (χ1n) is 7.57. The van der Waals surface area contributed by atoms with Crippen molar-refractivity contribution in [3.8, 4) is 5.75 Å². The smallest absolute Gasteiger partial charge is 0.119 e. The van der Waals surface area contributed by atoms with E-state index in [-0.39, 0.29) is 0 Å². The maximum atomic E-state index is 5.69. The molecule has 1 aliphatic heterocycles. The van der Waals surface area contributed by atoms with E-state index < -0.39 is 0 Å². The summed E-state index contributed by atoms with van der Waals surface area (Å²) in [6.45, 7) is 4.42. The van der Waals surface area contributed by atoms with Gasteiger partial charge in [-0.05, 0) is 44.4 Å². The summed E-state index contributed by atoms with van der Waals surface area (Å²) in [5.41, 5.74) is 0. The zero-order valence-corrected chi connectivity index (χ0v) is 11.6. The van der Waals surface area contributed by atoms with Crippen LogP contribution < -0.4 is 10.1 Å². The fourth-order valence-corrected chi connectivity index (χ4v) is 2.81. The minimum atomic E-state index is 0.706. The van der Waals surface area contributed by atoms with Crippen molar-refractivity contribution < 1.29 is 4.74 Å². The lowest BCUT2D eigenvalue weighted by Gasteiger charge is -2.15. The molecule has 0 bridgehead atoms. The second-order valence-corrected chi connectivity index (χ2v) is 5.68. The van der Waals surface area contributed by atoms with Gasteiger partial charge in [0.25, 0.3) is 0 Å². The Morgan fingerprint density at radius 1 is 1.16 bits per heavy atom. The van der Waals surface area contributed by atoms with Gasteiger partial charge in [0.15, 0.2) is 0 Å². The minimum absolute atomic E-state index is 0.706. The molecule has 3 rings (SSSR count). The molecule has 0 radical (unpaired) electrons. The SMILES string of the molecule is c1ccc(OCCCNC2CCN(C3CC3)C2)cc1. The van der Waals surface area contributed by atoms with Gasteiger partial charge in [-0.15, -0.1) is 0 Å². The Morgan fingerprint density at radius 3 is 2.79 bits per heavy atom. The highest BCUT2D eigenvalue weighted by atomic mass is 16.5. The van der Waals surface area contributed by atoms with Gasteiger partial charge in [-0.25, -0.2) is 0 Å². The number of nitrogens with zero attached hydrogens (tertiary/aromatic N) is 1. The van der Waals surface area contributed by atoms with Crippen molar-refractivity contribution in [2.24, 2.45) is 0 Å². The lowest BCUT2D eigenvalue weighted by atomic mass is 10.2. The molecule has 2 fully saturated rings. The lowest BCUT2D eigenvalue weighted by molar-refractivity contribution is 0.298. The molecule has 1 unspecified atom stereocenters. The Balaban J connectivity index is 1.25. The Kier molecular flexibility index (Phi) is 4.36. The van der Waals surface area contributed by atoms with Crippen LogP contribution in [0, 0.1) is 0 Å². The molecule has 1 aromatic rings. The summed E-state index contributed by atoms with van der Waals surface area (Å²) in [6, 6.07) is 11.7. The molecule has 19 heavy (non-hydrogen) atoms. The highest BCUT2D eigenvalue weighted by Gasteiger charge is 2.33.